The Morgan fingerprint density at radius 3 is 1.28 bits per heavy atom. The molecule has 2 aromatic heterocycles. The maximum atomic E-state index is 3.73. The Hall–Kier alpha value is -5.08. The van der Waals surface area contributed by atoms with Gasteiger partial charge in [-0.25, -0.2) is 0 Å². The molecule has 2 heterocycles. The first-order valence-corrected chi connectivity index (χ1v) is 13.6. The van der Waals surface area contributed by atoms with E-state index in [0.29, 0.717) is 0 Å². The molecule has 0 amide bonds. The lowest BCUT2D eigenvalue weighted by atomic mass is 9.70. The molecule has 2 heteroatoms. The van der Waals surface area contributed by atoms with E-state index in [9.17, 15) is 0 Å². The van der Waals surface area contributed by atoms with E-state index in [1.807, 2.05) is 0 Å². The van der Waals surface area contributed by atoms with Crippen molar-refractivity contribution in [2.45, 2.75) is 5.41 Å². The van der Waals surface area contributed by atoms with Crippen molar-refractivity contribution < 1.29 is 0 Å². The minimum atomic E-state index is -0.366. The molecule has 2 nitrogen and oxygen atoms in total. The maximum absolute atomic E-state index is 3.73. The van der Waals surface area contributed by atoms with Crippen LogP contribution in [0.3, 0.4) is 0 Å². The van der Waals surface area contributed by atoms with Crippen LogP contribution in [-0.4, -0.2) is 9.97 Å². The van der Waals surface area contributed by atoms with Crippen molar-refractivity contribution in [3.8, 4) is 22.3 Å². The van der Waals surface area contributed by atoms with Gasteiger partial charge in [0.1, 0.15) is 0 Å². The van der Waals surface area contributed by atoms with Gasteiger partial charge < -0.3 is 9.97 Å². The normalized spacial score (nSPS) is 14.4. The number of aromatic amines is 2. The van der Waals surface area contributed by atoms with Crippen LogP contribution in [0, 0.1) is 0 Å². The summed E-state index contributed by atoms with van der Waals surface area (Å²) in [6.07, 6.45) is 0. The monoisotopic (exact) mass is 494 g/mol. The third kappa shape index (κ3) is 2.23. The summed E-state index contributed by atoms with van der Waals surface area (Å²) in [6.45, 7) is 0. The zero-order chi connectivity index (χ0) is 25.3. The Kier molecular flexibility index (Phi) is 3.41. The summed E-state index contributed by atoms with van der Waals surface area (Å²) in [5.74, 6) is 0. The van der Waals surface area contributed by atoms with Gasteiger partial charge in [0, 0.05) is 43.6 Å². The molecule has 39 heavy (non-hydrogen) atoms. The average Bonchev–Trinajstić information content (AvgIpc) is 3.69. The van der Waals surface area contributed by atoms with E-state index in [4.69, 9.17) is 0 Å². The Labute approximate surface area is 224 Å². The zero-order valence-corrected chi connectivity index (χ0v) is 21.0. The van der Waals surface area contributed by atoms with Crippen LogP contribution in [0.4, 0.5) is 0 Å². The fraction of sp³-hybridized carbons (Fsp3) is 0.0270. The smallest absolute Gasteiger partial charge is 0.0727 e. The molecule has 6 aromatic carbocycles. The molecule has 10 rings (SSSR count). The molecule has 0 radical (unpaired) electrons. The van der Waals surface area contributed by atoms with Crippen LogP contribution in [0.2, 0.25) is 0 Å². The molecule has 1 spiro atoms. The van der Waals surface area contributed by atoms with E-state index < -0.39 is 0 Å². The molecular weight excluding hydrogens is 472 g/mol. The largest absolute Gasteiger partial charge is 0.355 e. The van der Waals surface area contributed by atoms with Gasteiger partial charge in [-0.3, -0.25) is 0 Å². The quantitative estimate of drug-likeness (QED) is 0.210. The van der Waals surface area contributed by atoms with E-state index in [1.165, 1.54) is 88.1 Å². The highest BCUT2D eigenvalue weighted by atomic mass is 14.7. The van der Waals surface area contributed by atoms with Crippen LogP contribution in [-0.2, 0) is 5.41 Å². The standard InChI is InChI=1S/C37H22N2/c1-5-13-29-21(9-1)25-17-27-23-11-3-7-15-33(23)38-35(27)19-31(25)37(29)30-14-6-2-10-22(30)26-18-28-24-12-4-8-16-34(24)39-36(28)20-32(26)37/h1-20,38-39H. The molecule has 2 N–H and O–H groups in total. The topological polar surface area (TPSA) is 31.6 Å². The van der Waals surface area contributed by atoms with Crippen molar-refractivity contribution in [1.29, 1.82) is 0 Å². The number of aromatic nitrogens is 2. The first-order valence-electron chi connectivity index (χ1n) is 13.6. The minimum absolute atomic E-state index is 0.366. The van der Waals surface area contributed by atoms with Crippen LogP contribution in [0.1, 0.15) is 22.3 Å². The summed E-state index contributed by atoms with van der Waals surface area (Å²) in [6, 6.07) is 45.1. The first kappa shape index (κ1) is 20.0. The highest BCUT2D eigenvalue weighted by molar-refractivity contribution is 6.13. The van der Waals surface area contributed by atoms with Crippen molar-refractivity contribution in [2.24, 2.45) is 0 Å². The number of fused-ring (bicyclic) bond motifs is 16. The summed E-state index contributed by atoms with van der Waals surface area (Å²) < 4.78 is 0. The molecule has 0 aliphatic heterocycles. The Bertz CT molecular complexity index is 2180. The van der Waals surface area contributed by atoms with Gasteiger partial charge in [0.05, 0.1) is 5.41 Å². The van der Waals surface area contributed by atoms with Gasteiger partial charge in [0.15, 0.2) is 0 Å². The summed E-state index contributed by atoms with van der Waals surface area (Å²) in [7, 11) is 0. The second kappa shape index (κ2) is 6.67. The van der Waals surface area contributed by atoms with Gasteiger partial charge in [-0.05, 0) is 80.9 Å². The molecule has 0 unspecified atom stereocenters. The van der Waals surface area contributed by atoms with E-state index in [-0.39, 0.29) is 5.41 Å². The highest BCUT2D eigenvalue weighted by Crippen LogP contribution is 2.63. The molecule has 0 bridgehead atoms. The zero-order valence-electron chi connectivity index (χ0n) is 21.0. The third-order valence-corrected chi connectivity index (χ3v) is 9.34. The second-order valence-electron chi connectivity index (χ2n) is 11.1. The molecule has 0 saturated carbocycles. The summed E-state index contributed by atoms with van der Waals surface area (Å²) in [5.41, 5.74) is 15.2. The lowest BCUT2D eigenvalue weighted by molar-refractivity contribution is 0.796. The van der Waals surface area contributed by atoms with Gasteiger partial charge in [-0.15, -0.1) is 0 Å². The number of rotatable bonds is 0. The van der Waals surface area contributed by atoms with E-state index >= 15 is 0 Å². The molecule has 0 atom stereocenters. The molecule has 0 saturated heterocycles. The molecule has 2 aliphatic carbocycles. The lowest BCUT2D eigenvalue weighted by Crippen LogP contribution is -2.25. The van der Waals surface area contributed by atoms with Crippen molar-refractivity contribution in [3.63, 3.8) is 0 Å². The van der Waals surface area contributed by atoms with Gasteiger partial charge in [0.2, 0.25) is 0 Å². The average molecular weight is 495 g/mol. The van der Waals surface area contributed by atoms with Crippen LogP contribution >= 0.6 is 0 Å². The number of hydrogen-bond acceptors (Lipinski definition) is 0. The van der Waals surface area contributed by atoms with Crippen LogP contribution in [0.5, 0.6) is 0 Å². The summed E-state index contributed by atoms with van der Waals surface area (Å²) >= 11 is 0. The number of nitrogens with one attached hydrogen (secondary N) is 2. The van der Waals surface area contributed by atoms with Gasteiger partial charge >= 0.3 is 0 Å². The predicted molar refractivity (Wildman–Crippen MR) is 161 cm³/mol. The highest BCUT2D eigenvalue weighted by Gasteiger charge is 2.52. The number of para-hydroxylation sites is 2. The number of H-pyrrole nitrogens is 2. The van der Waals surface area contributed by atoms with Crippen molar-refractivity contribution >= 4 is 43.6 Å². The molecular formula is C37H22N2. The molecule has 8 aromatic rings. The third-order valence-electron chi connectivity index (χ3n) is 9.34. The molecule has 0 fully saturated rings. The first-order chi connectivity index (χ1) is 19.3. The summed E-state index contributed by atoms with van der Waals surface area (Å²) in [4.78, 5) is 7.46. The van der Waals surface area contributed by atoms with Crippen LogP contribution < -0.4 is 0 Å². The van der Waals surface area contributed by atoms with E-state index in [0.717, 1.165) is 0 Å². The minimum Gasteiger partial charge on any atom is -0.355 e. The predicted octanol–water partition coefficient (Wildman–Crippen LogP) is 9.30. The maximum Gasteiger partial charge on any atom is 0.0727 e. The molecule has 180 valence electrons. The Morgan fingerprint density at radius 1 is 0.333 bits per heavy atom. The number of hydrogen-bond donors (Lipinski definition) is 2. The Morgan fingerprint density at radius 2 is 0.769 bits per heavy atom. The van der Waals surface area contributed by atoms with Crippen molar-refractivity contribution in [1.82, 2.24) is 9.97 Å². The fourth-order valence-electron chi connectivity index (χ4n) is 7.82. The van der Waals surface area contributed by atoms with Crippen LogP contribution in [0.25, 0.3) is 65.9 Å². The van der Waals surface area contributed by atoms with E-state index in [1.54, 1.807) is 0 Å². The van der Waals surface area contributed by atoms with E-state index in [2.05, 4.69) is 131 Å². The molecule has 2 aliphatic rings. The second-order valence-corrected chi connectivity index (χ2v) is 11.1. The van der Waals surface area contributed by atoms with Crippen molar-refractivity contribution in [2.75, 3.05) is 0 Å². The summed E-state index contributed by atoms with van der Waals surface area (Å²) in [5, 5.41) is 5.13. The Balaban J connectivity index is 1.41. The SMILES string of the molecule is c1ccc2c(c1)-c1cc3c(cc1C21c2ccccc2-c2cc4c(cc21)[nH]c1ccccc14)[nH]c1ccccc13. The van der Waals surface area contributed by atoms with Gasteiger partial charge in [0.25, 0.3) is 0 Å². The van der Waals surface area contributed by atoms with Gasteiger partial charge in [-0.1, -0.05) is 84.9 Å². The van der Waals surface area contributed by atoms with Crippen molar-refractivity contribution in [3.05, 3.63) is 144 Å². The number of benzene rings is 6. The van der Waals surface area contributed by atoms with Gasteiger partial charge in [-0.2, -0.15) is 0 Å². The van der Waals surface area contributed by atoms with Crippen LogP contribution in [0.15, 0.2) is 121 Å². The lowest BCUT2D eigenvalue weighted by Gasteiger charge is -2.30. The fourth-order valence-corrected chi connectivity index (χ4v) is 7.82.